The topological polar surface area (TPSA) is 79.7 Å². The van der Waals surface area contributed by atoms with Crippen LogP contribution < -0.4 is 0 Å². The number of amides is 1. The Morgan fingerprint density at radius 3 is 2.65 bits per heavy atom. The molecule has 0 saturated carbocycles. The number of benzene rings is 2. The Morgan fingerprint density at radius 2 is 1.88 bits per heavy atom. The van der Waals surface area contributed by atoms with Crippen LogP contribution in [-0.2, 0) is 6.42 Å². The molecule has 4 aromatic rings. The zero-order valence-corrected chi connectivity index (χ0v) is 19.9. The molecule has 9 heteroatoms. The van der Waals surface area contributed by atoms with Gasteiger partial charge in [0, 0.05) is 24.8 Å². The van der Waals surface area contributed by atoms with Crippen molar-refractivity contribution in [1.82, 2.24) is 29.9 Å². The Bertz CT molecular complexity index is 1270. The molecule has 0 aliphatic heterocycles. The number of carbonyl (C=O) groups excluding carboxylic acids is 1. The second-order valence-electron chi connectivity index (χ2n) is 8.17. The summed E-state index contributed by atoms with van der Waals surface area (Å²) in [6, 6.07) is 15.6. The van der Waals surface area contributed by atoms with E-state index in [0.29, 0.717) is 23.1 Å². The van der Waals surface area contributed by atoms with Crippen molar-refractivity contribution in [2.45, 2.75) is 32.6 Å². The van der Waals surface area contributed by atoms with Gasteiger partial charge in [-0.3, -0.25) is 9.89 Å². The first-order chi connectivity index (χ1) is 16.4. The van der Waals surface area contributed by atoms with Crippen LogP contribution in [0.2, 0.25) is 5.02 Å². The van der Waals surface area contributed by atoms with Crippen LogP contribution in [0.3, 0.4) is 0 Å². The van der Waals surface area contributed by atoms with Gasteiger partial charge in [-0.15, -0.1) is 5.10 Å². The van der Waals surface area contributed by atoms with Crippen molar-refractivity contribution < 1.29 is 9.18 Å². The molecule has 2 heterocycles. The van der Waals surface area contributed by atoms with Crippen LogP contribution in [-0.4, -0.2) is 49.4 Å². The highest BCUT2D eigenvalue weighted by atomic mass is 35.5. The second-order valence-corrected chi connectivity index (χ2v) is 8.58. The number of rotatable bonds is 9. The quantitative estimate of drug-likeness (QED) is 0.332. The fraction of sp³-hybridized carbons (Fsp3) is 0.280. The molecule has 0 spiro atoms. The van der Waals surface area contributed by atoms with Gasteiger partial charge in [0.1, 0.15) is 11.6 Å². The van der Waals surface area contributed by atoms with Gasteiger partial charge in [-0.1, -0.05) is 30.2 Å². The number of para-hydroxylation sites is 1. The van der Waals surface area contributed by atoms with E-state index in [0.717, 1.165) is 42.6 Å². The van der Waals surface area contributed by atoms with E-state index in [4.69, 9.17) is 11.6 Å². The number of hydrogen-bond donors (Lipinski definition) is 1. The molecule has 2 aromatic heterocycles. The number of H-pyrrole nitrogens is 1. The maximum absolute atomic E-state index is 13.1. The molecule has 4 rings (SSSR count). The summed E-state index contributed by atoms with van der Waals surface area (Å²) in [7, 11) is 1.76. The third kappa shape index (κ3) is 5.51. The molecule has 0 aliphatic rings. The molecule has 0 bridgehead atoms. The zero-order valence-electron chi connectivity index (χ0n) is 19.1. The van der Waals surface area contributed by atoms with E-state index in [2.05, 4.69) is 20.3 Å². The van der Waals surface area contributed by atoms with Gasteiger partial charge < -0.3 is 4.90 Å². The number of nitrogens with one attached hydrogen (secondary N) is 1. The average Bonchev–Trinajstić information content (AvgIpc) is 3.46. The second kappa shape index (κ2) is 10.6. The van der Waals surface area contributed by atoms with Gasteiger partial charge in [-0.2, -0.15) is 5.10 Å². The molecule has 0 radical (unpaired) electrons. The third-order valence-corrected chi connectivity index (χ3v) is 5.92. The first-order valence-corrected chi connectivity index (χ1v) is 11.5. The van der Waals surface area contributed by atoms with Gasteiger partial charge >= 0.3 is 0 Å². The minimum Gasteiger partial charge on any atom is -0.339 e. The highest BCUT2D eigenvalue weighted by molar-refractivity contribution is 6.32. The van der Waals surface area contributed by atoms with Crippen LogP contribution >= 0.6 is 11.6 Å². The molecule has 0 unspecified atom stereocenters. The zero-order chi connectivity index (χ0) is 24.1. The Morgan fingerprint density at radius 1 is 1.12 bits per heavy atom. The number of aryl methyl sites for hydroxylation is 2. The third-order valence-electron chi connectivity index (χ3n) is 5.60. The van der Waals surface area contributed by atoms with Gasteiger partial charge in [0.2, 0.25) is 5.82 Å². The van der Waals surface area contributed by atoms with Crippen LogP contribution in [0.1, 0.15) is 41.4 Å². The predicted molar refractivity (Wildman–Crippen MR) is 130 cm³/mol. The van der Waals surface area contributed by atoms with E-state index in [-0.39, 0.29) is 17.5 Å². The van der Waals surface area contributed by atoms with Crippen molar-refractivity contribution in [3.63, 3.8) is 0 Å². The van der Waals surface area contributed by atoms with E-state index >= 15 is 0 Å². The average molecular weight is 481 g/mol. The Kier molecular flexibility index (Phi) is 7.37. The van der Waals surface area contributed by atoms with Crippen LogP contribution in [0.5, 0.6) is 0 Å². The van der Waals surface area contributed by atoms with Gasteiger partial charge in [-0.05, 0) is 68.7 Å². The monoisotopic (exact) mass is 480 g/mol. The fourth-order valence-electron chi connectivity index (χ4n) is 3.70. The van der Waals surface area contributed by atoms with Gasteiger partial charge in [0.15, 0.2) is 0 Å². The van der Waals surface area contributed by atoms with E-state index in [1.165, 1.54) is 12.1 Å². The Balaban J connectivity index is 1.24. The van der Waals surface area contributed by atoms with Crippen molar-refractivity contribution >= 4 is 17.5 Å². The molecule has 0 fully saturated rings. The SMILES string of the molecule is Cc1nc(C(=O)N(C)CCCCCc2cc(-c3ccc(F)cc3)n[nH]2)nn1-c1ccccc1Cl. The lowest BCUT2D eigenvalue weighted by Crippen LogP contribution is -2.28. The van der Waals surface area contributed by atoms with Crippen molar-refractivity contribution in [1.29, 1.82) is 0 Å². The molecule has 176 valence electrons. The molecule has 0 atom stereocenters. The summed E-state index contributed by atoms with van der Waals surface area (Å²) in [5.41, 5.74) is 3.41. The van der Waals surface area contributed by atoms with Crippen molar-refractivity contribution in [3.05, 3.63) is 82.8 Å². The highest BCUT2D eigenvalue weighted by Crippen LogP contribution is 2.21. The highest BCUT2D eigenvalue weighted by Gasteiger charge is 2.19. The minimum absolute atomic E-state index is 0.158. The van der Waals surface area contributed by atoms with Crippen molar-refractivity contribution in [2.75, 3.05) is 13.6 Å². The summed E-state index contributed by atoms with van der Waals surface area (Å²) in [6.07, 6.45) is 3.65. The summed E-state index contributed by atoms with van der Waals surface area (Å²) in [4.78, 5) is 18.8. The largest absolute Gasteiger partial charge is 0.339 e. The van der Waals surface area contributed by atoms with Crippen LogP contribution in [0.4, 0.5) is 4.39 Å². The predicted octanol–water partition coefficient (Wildman–Crippen LogP) is 5.24. The lowest BCUT2D eigenvalue weighted by molar-refractivity contribution is 0.0780. The number of hydrogen-bond acceptors (Lipinski definition) is 4. The van der Waals surface area contributed by atoms with Crippen LogP contribution in [0, 0.1) is 12.7 Å². The molecule has 0 aliphatic carbocycles. The summed E-state index contributed by atoms with van der Waals surface area (Å²) >= 11 is 6.26. The number of halogens is 2. The number of aromatic nitrogens is 5. The van der Waals surface area contributed by atoms with Gasteiger partial charge in [-0.25, -0.2) is 14.1 Å². The molecule has 34 heavy (non-hydrogen) atoms. The molecule has 1 N–H and O–H groups in total. The summed E-state index contributed by atoms with van der Waals surface area (Å²) in [6.45, 7) is 2.41. The number of aromatic amines is 1. The van der Waals surface area contributed by atoms with Crippen LogP contribution in [0.15, 0.2) is 54.6 Å². The van der Waals surface area contributed by atoms with E-state index in [9.17, 15) is 9.18 Å². The molecule has 2 aromatic carbocycles. The summed E-state index contributed by atoms with van der Waals surface area (Å²) in [5.74, 6) is 0.282. The van der Waals surface area contributed by atoms with Crippen LogP contribution in [0.25, 0.3) is 16.9 Å². The van der Waals surface area contributed by atoms with Crippen molar-refractivity contribution in [2.24, 2.45) is 0 Å². The van der Waals surface area contributed by atoms with Gasteiger partial charge in [0.05, 0.1) is 16.4 Å². The molecular formula is C25H26ClFN6O. The number of nitrogens with zero attached hydrogens (tertiary/aromatic N) is 5. The minimum atomic E-state index is -0.261. The smallest absolute Gasteiger partial charge is 0.293 e. The lowest BCUT2D eigenvalue weighted by Gasteiger charge is -2.14. The van der Waals surface area contributed by atoms with Crippen molar-refractivity contribution in [3.8, 4) is 16.9 Å². The van der Waals surface area contributed by atoms with Gasteiger partial charge in [0.25, 0.3) is 5.91 Å². The lowest BCUT2D eigenvalue weighted by atomic mass is 10.1. The molecule has 0 saturated heterocycles. The Hall–Kier alpha value is -3.52. The Labute approximate surface area is 202 Å². The first-order valence-electron chi connectivity index (χ1n) is 11.2. The summed E-state index contributed by atoms with van der Waals surface area (Å²) in [5, 5.41) is 12.3. The fourth-order valence-corrected chi connectivity index (χ4v) is 3.92. The maximum atomic E-state index is 13.1. The summed E-state index contributed by atoms with van der Waals surface area (Å²) < 4.78 is 14.7. The maximum Gasteiger partial charge on any atom is 0.293 e. The number of unbranched alkanes of at least 4 members (excludes halogenated alkanes) is 2. The molecule has 1 amide bonds. The van der Waals surface area contributed by atoms with E-state index in [1.807, 2.05) is 24.3 Å². The van der Waals surface area contributed by atoms with E-state index < -0.39 is 0 Å². The van der Waals surface area contributed by atoms with E-state index in [1.54, 1.807) is 41.8 Å². The normalized spacial score (nSPS) is 11.1. The number of carbonyl (C=O) groups is 1. The standard InChI is InChI=1S/C25H26ClFN6O/c1-17-28-24(31-33(17)23-10-6-5-9-21(23)26)25(34)32(2)15-7-3-4-8-20-16-22(30-29-20)18-11-13-19(27)14-12-18/h5-6,9-14,16H,3-4,7-8,15H2,1-2H3,(H,29,30). The molecular weight excluding hydrogens is 455 g/mol. The molecule has 7 nitrogen and oxygen atoms in total. The first kappa shape index (κ1) is 23.6.